The van der Waals surface area contributed by atoms with Crippen LogP contribution in [0, 0.1) is 11.6 Å². The largest absolute Gasteiger partial charge is 0.373 e. The number of rotatable bonds is 4. The number of benzene rings is 1. The van der Waals surface area contributed by atoms with E-state index < -0.39 is 11.6 Å². The fourth-order valence-corrected chi connectivity index (χ4v) is 2.36. The lowest BCUT2D eigenvalue weighted by atomic mass is 9.93. The lowest BCUT2D eigenvalue weighted by Crippen LogP contribution is -2.32. The van der Waals surface area contributed by atoms with Crippen LogP contribution in [0.3, 0.4) is 0 Å². The molecule has 0 atom stereocenters. The number of nitrogens with one attached hydrogen (secondary N) is 1. The first-order valence-electron chi connectivity index (χ1n) is 6.42. The van der Waals surface area contributed by atoms with Gasteiger partial charge >= 0.3 is 0 Å². The van der Waals surface area contributed by atoms with Gasteiger partial charge in [-0.2, -0.15) is 0 Å². The lowest BCUT2D eigenvalue weighted by molar-refractivity contribution is 0.0106. The summed E-state index contributed by atoms with van der Waals surface area (Å²) in [5.41, 5.74) is 0.423. The summed E-state index contributed by atoms with van der Waals surface area (Å²) in [6, 6.07) is 4.19. The van der Waals surface area contributed by atoms with Gasteiger partial charge in [-0.25, -0.2) is 8.78 Å². The van der Waals surface area contributed by atoms with Crippen molar-refractivity contribution >= 4 is 0 Å². The molecule has 0 unspecified atom stereocenters. The van der Waals surface area contributed by atoms with Gasteiger partial charge in [0.25, 0.3) is 0 Å². The SMILES string of the molecule is CNC1CCC(OCc2ccc(F)cc2F)CC1. The monoisotopic (exact) mass is 255 g/mol. The molecule has 1 aliphatic carbocycles. The van der Waals surface area contributed by atoms with Crippen molar-refractivity contribution in [3.05, 3.63) is 35.4 Å². The van der Waals surface area contributed by atoms with Crippen LogP contribution in [0.5, 0.6) is 0 Å². The van der Waals surface area contributed by atoms with E-state index in [1.54, 1.807) is 0 Å². The molecular formula is C14H19F2NO. The molecule has 1 aliphatic rings. The molecule has 0 heterocycles. The van der Waals surface area contributed by atoms with E-state index in [9.17, 15) is 8.78 Å². The first-order chi connectivity index (χ1) is 8.69. The van der Waals surface area contributed by atoms with E-state index >= 15 is 0 Å². The van der Waals surface area contributed by atoms with Crippen LogP contribution in [0.15, 0.2) is 18.2 Å². The van der Waals surface area contributed by atoms with Gasteiger partial charge < -0.3 is 10.1 Å². The Morgan fingerprint density at radius 2 is 1.94 bits per heavy atom. The Labute approximate surface area is 106 Å². The summed E-state index contributed by atoms with van der Waals surface area (Å²) < 4.78 is 31.8. The average molecular weight is 255 g/mol. The molecular weight excluding hydrogens is 236 g/mol. The van der Waals surface area contributed by atoms with Gasteiger partial charge in [0.15, 0.2) is 0 Å². The molecule has 1 aromatic carbocycles. The summed E-state index contributed by atoms with van der Waals surface area (Å²) in [6.45, 7) is 0.223. The van der Waals surface area contributed by atoms with Crippen LogP contribution < -0.4 is 5.32 Å². The van der Waals surface area contributed by atoms with Crippen LogP contribution in [0.1, 0.15) is 31.2 Å². The molecule has 2 rings (SSSR count). The molecule has 0 aromatic heterocycles. The highest BCUT2D eigenvalue weighted by atomic mass is 19.1. The minimum Gasteiger partial charge on any atom is -0.373 e. The quantitative estimate of drug-likeness (QED) is 0.893. The summed E-state index contributed by atoms with van der Waals surface area (Å²) in [7, 11) is 1.97. The predicted molar refractivity (Wildman–Crippen MR) is 66.3 cm³/mol. The highest BCUT2D eigenvalue weighted by Gasteiger charge is 2.20. The first kappa shape index (κ1) is 13.4. The molecule has 0 radical (unpaired) electrons. The predicted octanol–water partition coefficient (Wildman–Crippen LogP) is 3.01. The fraction of sp³-hybridized carbons (Fsp3) is 0.571. The van der Waals surface area contributed by atoms with Crippen molar-refractivity contribution in [2.75, 3.05) is 7.05 Å². The maximum Gasteiger partial charge on any atom is 0.131 e. The van der Waals surface area contributed by atoms with E-state index in [4.69, 9.17) is 4.74 Å². The Morgan fingerprint density at radius 3 is 2.56 bits per heavy atom. The second-order valence-electron chi connectivity index (χ2n) is 4.81. The summed E-state index contributed by atoms with van der Waals surface area (Å²) in [5.74, 6) is -1.08. The second kappa shape index (κ2) is 6.25. The van der Waals surface area contributed by atoms with E-state index in [1.807, 2.05) is 7.05 Å². The van der Waals surface area contributed by atoms with Gasteiger partial charge in [0.2, 0.25) is 0 Å². The van der Waals surface area contributed by atoms with Crippen molar-refractivity contribution in [2.24, 2.45) is 0 Å². The van der Waals surface area contributed by atoms with Crippen LogP contribution in [-0.2, 0) is 11.3 Å². The zero-order chi connectivity index (χ0) is 13.0. The number of hydrogen-bond donors (Lipinski definition) is 1. The molecule has 0 saturated heterocycles. The smallest absolute Gasteiger partial charge is 0.131 e. The van der Waals surface area contributed by atoms with E-state index in [1.165, 1.54) is 12.1 Å². The summed E-state index contributed by atoms with van der Waals surface area (Å²) in [5, 5.41) is 3.26. The molecule has 100 valence electrons. The molecule has 1 N–H and O–H groups in total. The highest BCUT2D eigenvalue weighted by Crippen LogP contribution is 2.22. The second-order valence-corrected chi connectivity index (χ2v) is 4.81. The van der Waals surface area contributed by atoms with Crippen LogP contribution in [-0.4, -0.2) is 19.2 Å². The molecule has 1 aromatic rings. The number of ether oxygens (including phenoxy) is 1. The van der Waals surface area contributed by atoms with Gasteiger partial charge in [-0.05, 0) is 38.8 Å². The third kappa shape index (κ3) is 3.50. The molecule has 0 aliphatic heterocycles. The van der Waals surface area contributed by atoms with Crippen LogP contribution in [0.2, 0.25) is 0 Å². The average Bonchev–Trinajstić information content (AvgIpc) is 2.38. The standard InChI is InChI=1S/C14H19F2NO/c1-17-12-4-6-13(7-5-12)18-9-10-2-3-11(15)8-14(10)16/h2-3,8,12-13,17H,4-7,9H2,1H3. The molecule has 0 amide bonds. The highest BCUT2D eigenvalue weighted by molar-refractivity contribution is 5.17. The summed E-state index contributed by atoms with van der Waals surface area (Å²) in [6.07, 6.45) is 4.36. The van der Waals surface area contributed by atoms with Gasteiger partial charge in [-0.15, -0.1) is 0 Å². The van der Waals surface area contributed by atoms with Gasteiger partial charge in [-0.1, -0.05) is 6.07 Å². The Bertz CT molecular complexity index is 389. The van der Waals surface area contributed by atoms with Crippen molar-refractivity contribution in [3.63, 3.8) is 0 Å². The Balaban J connectivity index is 1.81. The third-order valence-corrected chi connectivity index (χ3v) is 3.57. The molecule has 4 heteroatoms. The Morgan fingerprint density at radius 1 is 1.22 bits per heavy atom. The fourth-order valence-electron chi connectivity index (χ4n) is 2.36. The maximum absolute atomic E-state index is 13.4. The Kier molecular flexibility index (Phi) is 4.66. The normalized spacial score (nSPS) is 24.2. The minimum atomic E-state index is -0.550. The van der Waals surface area contributed by atoms with E-state index in [0.29, 0.717) is 11.6 Å². The van der Waals surface area contributed by atoms with Gasteiger partial charge in [0.05, 0.1) is 12.7 Å². The van der Waals surface area contributed by atoms with Crippen molar-refractivity contribution in [2.45, 2.75) is 44.4 Å². The summed E-state index contributed by atoms with van der Waals surface area (Å²) in [4.78, 5) is 0. The van der Waals surface area contributed by atoms with Crippen molar-refractivity contribution in [1.82, 2.24) is 5.32 Å². The minimum absolute atomic E-state index is 0.194. The zero-order valence-electron chi connectivity index (χ0n) is 10.6. The zero-order valence-corrected chi connectivity index (χ0v) is 10.6. The van der Waals surface area contributed by atoms with E-state index in [-0.39, 0.29) is 12.7 Å². The van der Waals surface area contributed by atoms with Gasteiger partial charge in [0.1, 0.15) is 11.6 Å². The molecule has 18 heavy (non-hydrogen) atoms. The molecule has 2 nitrogen and oxygen atoms in total. The molecule has 0 spiro atoms. The summed E-state index contributed by atoms with van der Waals surface area (Å²) >= 11 is 0. The molecule has 1 fully saturated rings. The van der Waals surface area contributed by atoms with E-state index in [0.717, 1.165) is 31.7 Å². The number of hydrogen-bond acceptors (Lipinski definition) is 2. The van der Waals surface area contributed by atoms with Gasteiger partial charge in [0, 0.05) is 17.7 Å². The van der Waals surface area contributed by atoms with Gasteiger partial charge in [-0.3, -0.25) is 0 Å². The van der Waals surface area contributed by atoms with Crippen molar-refractivity contribution in [1.29, 1.82) is 0 Å². The van der Waals surface area contributed by atoms with Crippen LogP contribution in [0.4, 0.5) is 8.78 Å². The topological polar surface area (TPSA) is 21.3 Å². The molecule has 1 saturated carbocycles. The lowest BCUT2D eigenvalue weighted by Gasteiger charge is -2.28. The van der Waals surface area contributed by atoms with Crippen LogP contribution >= 0.6 is 0 Å². The molecule has 0 bridgehead atoms. The van der Waals surface area contributed by atoms with Crippen LogP contribution in [0.25, 0.3) is 0 Å². The Hall–Kier alpha value is -1.00. The van der Waals surface area contributed by atoms with Crippen molar-refractivity contribution in [3.8, 4) is 0 Å². The number of halogens is 2. The van der Waals surface area contributed by atoms with E-state index in [2.05, 4.69) is 5.32 Å². The third-order valence-electron chi connectivity index (χ3n) is 3.57. The maximum atomic E-state index is 13.4. The van der Waals surface area contributed by atoms with Crippen molar-refractivity contribution < 1.29 is 13.5 Å². The first-order valence-corrected chi connectivity index (χ1v) is 6.42.